The first kappa shape index (κ1) is 14.6. The summed E-state index contributed by atoms with van der Waals surface area (Å²) < 4.78 is 36.2. The maximum Gasteiger partial charge on any atom is 0.257 e. The van der Waals surface area contributed by atoms with Gasteiger partial charge in [-0.3, -0.25) is 4.79 Å². The molecule has 0 unspecified atom stereocenters. The quantitative estimate of drug-likeness (QED) is 0.861. The van der Waals surface area contributed by atoms with Crippen LogP contribution in [0.5, 0.6) is 0 Å². The summed E-state index contributed by atoms with van der Waals surface area (Å²) >= 11 is 0. The maximum atomic E-state index is 12.5. The lowest BCUT2D eigenvalue weighted by Gasteiger charge is -2.32. The van der Waals surface area contributed by atoms with E-state index in [9.17, 15) is 13.2 Å². The zero-order chi connectivity index (χ0) is 15.0. The van der Waals surface area contributed by atoms with Crippen LogP contribution in [0.15, 0.2) is 23.0 Å². The van der Waals surface area contributed by atoms with Crippen molar-refractivity contribution in [2.75, 3.05) is 19.4 Å². The van der Waals surface area contributed by atoms with Gasteiger partial charge in [0.15, 0.2) is 0 Å². The molecule has 0 aliphatic carbocycles. The van der Waals surface area contributed by atoms with Crippen LogP contribution in [0, 0.1) is 0 Å². The highest BCUT2D eigenvalue weighted by molar-refractivity contribution is 7.88. The fourth-order valence-electron chi connectivity index (χ4n) is 3.12. The van der Waals surface area contributed by atoms with Gasteiger partial charge in [-0.1, -0.05) is 0 Å². The average Bonchev–Trinajstić information content (AvgIpc) is 3.05. The average molecular weight is 314 g/mol. The molecule has 0 saturated carbocycles. The predicted octanol–water partition coefficient (Wildman–Crippen LogP) is 0.201. The fourth-order valence-corrected chi connectivity index (χ4v) is 3.88. The molecular formula is C13H18N2O5S. The maximum absolute atomic E-state index is 12.5. The number of carbonyl (C=O) groups is 1. The van der Waals surface area contributed by atoms with Crippen molar-refractivity contribution in [2.45, 2.75) is 31.0 Å². The van der Waals surface area contributed by atoms with Gasteiger partial charge in [0, 0.05) is 13.2 Å². The second-order valence-electron chi connectivity index (χ2n) is 5.51. The normalized spacial score (nSPS) is 29.4. The van der Waals surface area contributed by atoms with Crippen molar-refractivity contribution in [3.05, 3.63) is 24.2 Å². The Bertz CT molecular complexity index is 613. The largest absolute Gasteiger partial charge is 0.472 e. The monoisotopic (exact) mass is 314 g/mol. The minimum Gasteiger partial charge on any atom is -0.472 e. The van der Waals surface area contributed by atoms with Gasteiger partial charge in [0.05, 0.1) is 36.3 Å². The molecule has 1 aromatic heterocycles. The number of nitrogens with one attached hydrogen (secondary N) is 1. The summed E-state index contributed by atoms with van der Waals surface area (Å²) in [5.74, 6) is -0.151. The number of rotatable bonds is 3. The molecule has 116 valence electrons. The highest BCUT2D eigenvalue weighted by Gasteiger charge is 2.47. The van der Waals surface area contributed by atoms with Gasteiger partial charge in [0.2, 0.25) is 10.0 Å². The van der Waals surface area contributed by atoms with Crippen molar-refractivity contribution in [1.29, 1.82) is 0 Å². The van der Waals surface area contributed by atoms with Gasteiger partial charge in [0.25, 0.3) is 5.91 Å². The molecule has 3 rings (SSSR count). The third-order valence-corrected chi connectivity index (χ3v) is 4.65. The van der Waals surface area contributed by atoms with Crippen LogP contribution in [0.4, 0.5) is 0 Å². The number of fused-ring (bicyclic) bond motifs is 1. The van der Waals surface area contributed by atoms with Crippen molar-refractivity contribution >= 4 is 15.9 Å². The van der Waals surface area contributed by atoms with E-state index in [1.807, 2.05) is 0 Å². The molecule has 0 aromatic carbocycles. The number of carbonyl (C=O) groups excluding carboxylic acids is 1. The molecule has 2 aliphatic rings. The number of sulfonamides is 1. The molecule has 3 atom stereocenters. The Hall–Kier alpha value is -1.38. The summed E-state index contributed by atoms with van der Waals surface area (Å²) in [5, 5.41) is 0. The minimum atomic E-state index is -3.35. The lowest BCUT2D eigenvalue weighted by molar-refractivity contribution is -0.0156. The van der Waals surface area contributed by atoms with E-state index in [1.165, 1.54) is 12.5 Å². The second-order valence-corrected chi connectivity index (χ2v) is 7.29. The molecular weight excluding hydrogens is 296 g/mol. The van der Waals surface area contributed by atoms with E-state index in [2.05, 4.69) is 4.72 Å². The Balaban J connectivity index is 1.83. The van der Waals surface area contributed by atoms with Crippen LogP contribution < -0.4 is 4.72 Å². The molecule has 8 heteroatoms. The van der Waals surface area contributed by atoms with Crippen molar-refractivity contribution in [3.63, 3.8) is 0 Å². The van der Waals surface area contributed by atoms with Crippen LogP contribution in [-0.2, 0) is 14.8 Å². The van der Waals surface area contributed by atoms with E-state index in [1.54, 1.807) is 11.0 Å². The summed E-state index contributed by atoms with van der Waals surface area (Å²) in [6.45, 7) is 0.906. The fraction of sp³-hybridized carbons (Fsp3) is 0.615. The Morgan fingerprint density at radius 2 is 2.29 bits per heavy atom. The van der Waals surface area contributed by atoms with Gasteiger partial charge in [-0.05, 0) is 18.9 Å². The number of furan rings is 1. The lowest BCUT2D eigenvalue weighted by Crippen LogP contribution is -2.47. The van der Waals surface area contributed by atoms with Gasteiger partial charge in [-0.2, -0.15) is 0 Å². The van der Waals surface area contributed by atoms with Crippen LogP contribution in [-0.4, -0.2) is 56.8 Å². The molecule has 2 aliphatic heterocycles. The van der Waals surface area contributed by atoms with Crippen LogP contribution in [0.3, 0.4) is 0 Å². The minimum absolute atomic E-state index is 0.0969. The zero-order valence-corrected chi connectivity index (χ0v) is 12.5. The molecule has 0 spiro atoms. The van der Waals surface area contributed by atoms with Crippen molar-refractivity contribution in [1.82, 2.24) is 9.62 Å². The zero-order valence-electron chi connectivity index (χ0n) is 11.7. The molecule has 1 N–H and O–H groups in total. The topological polar surface area (TPSA) is 88.9 Å². The molecule has 7 nitrogen and oxygen atoms in total. The van der Waals surface area contributed by atoms with Crippen molar-refractivity contribution in [3.8, 4) is 0 Å². The third-order valence-electron chi connectivity index (χ3n) is 3.92. The smallest absolute Gasteiger partial charge is 0.257 e. The molecule has 2 fully saturated rings. The molecule has 3 heterocycles. The molecule has 0 radical (unpaired) electrons. The third kappa shape index (κ3) is 2.97. The number of hydrogen-bond acceptors (Lipinski definition) is 5. The first-order valence-corrected chi connectivity index (χ1v) is 8.77. The number of nitrogens with zero attached hydrogens (tertiary/aromatic N) is 1. The molecule has 1 aromatic rings. The van der Waals surface area contributed by atoms with E-state index in [-0.39, 0.29) is 18.1 Å². The summed E-state index contributed by atoms with van der Waals surface area (Å²) in [7, 11) is -3.35. The standard InChI is InChI=1S/C13H18N2O5S/c1-21(17,18)14-10-7-15(11-3-2-5-20-12(10)11)13(16)9-4-6-19-8-9/h4,6,8,10-12,14H,2-3,5,7H2,1H3/t10-,11-,12-/m1/s1. The molecule has 0 bridgehead atoms. The number of ether oxygens (including phenoxy) is 1. The van der Waals surface area contributed by atoms with Crippen molar-refractivity contribution < 1.29 is 22.4 Å². The summed E-state index contributed by atoms with van der Waals surface area (Å²) in [6.07, 6.45) is 5.36. The Labute approximate surface area is 123 Å². The summed E-state index contributed by atoms with van der Waals surface area (Å²) in [5.41, 5.74) is 0.472. The van der Waals surface area contributed by atoms with E-state index >= 15 is 0 Å². The first-order valence-electron chi connectivity index (χ1n) is 6.88. The Kier molecular flexibility index (Phi) is 3.76. The van der Waals surface area contributed by atoms with Gasteiger partial charge >= 0.3 is 0 Å². The van der Waals surface area contributed by atoms with E-state index in [0.717, 1.165) is 19.1 Å². The van der Waals surface area contributed by atoms with E-state index < -0.39 is 16.1 Å². The molecule has 2 saturated heterocycles. The highest BCUT2D eigenvalue weighted by atomic mass is 32.2. The van der Waals surface area contributed by atoms with Crippen molar-refractivity contribution in [2.24, 2.45) is 0 Å². The van der Waals surface area contributed by atoms with Crippen LogP contribution in [0.2, 0.25) is 0 Å². The van der Waals surface area contributed by atoms with E-state index in [0.29, 0.717) is 18.7 Å². The summed E-state index contributed by atoms with van der Waals surface area (Å²) in [4.78, 5) is 14.2. The Morgan fingerprint density at radius 1 is 1.48 bits per heavy atom. The van der Waals surface area contributed by atoms with Gasteiger partial charge in [0.1, 0.15) is 6.26 Å². The van der Waals surface area contributed by atoms with Crippen LogP contribution in [0.25, 0.3) is 0 Å². The number of hydrogen-bond donors (Lipinski definition) is 1. The van der Waals surface area contributed by atoms with Crippen LogP contribution in [0.1, 0.15) is 23.2 Å². The second kappa shape index (κ2) is 5.43. The number of likely N-dealkylation sites (tertiary alicyclic amines) is 1. The Morgan fingerprint density at radius 3 is 2.95 bits per heavy atom. The summed E-state index contributed by atoms with van der Waals surface area (Å²) in [6, 6.07) is 1.11. The molecule has 1 amide bonds. The van der Waals surface area contributed by atoms with Crippen LogP contribution >= 0.6 is 0 Å². The number of amides is 1. The highest BCUT2D eigenvalue weighted by Crippen LogP contribution is 2.30. The lowest BCUT2D eigenvalue weighted by atomic mass is 10.0. The SMILES string of the molecule is CS(=O)(=O)N[C@@H]1CN(C(=O)c2ccoc2)[C@@H]2CCCO[C@@H]21. The predicted molar refractivity (Wildman–Crippen MR) is 74.3 cm³/mol. The molecule has 21 heavy (non-hydrogen) atoms. The van der Waals surface area contributed by atoms with Gasteiger partial charge in [-0.15, -0.1) is 0 Å². The van der Waals surface area contributed by atoms with Gasteiger partial charge in [-0.25, -0.2) is 13.1 Å². The van der Waals surface area contributed by atoms with E-state index in [4.69, 9.17) is 9.15 Å². The first-order chi connectivity index (χ1) is 9.96. The van der Waals surface area contributed by atoms with Gasteiger partial charge < -0.3 is 14.1 Å².